The van der Waals surface area contributed by atoms with Crippen molar-refractivity contribution in [3.05, 3.63) is 77.9 Å². The topological polar surface area (TPSA) is 78.5 Å². The maximum atomic E-state index is 4.62. The van der Waals surface area contributed by atoms with E-state index in [1.54, 1.807) is 0 Å². The van der Waals surface area contributed by atoms with Crippen LogP contribution in [0.2, 0.25) is 0 Å². The third-order valence-electron chi connectivity index (χ3n) is 5.57. The number of rotatable bonds is 10. The molecule has 2 unspecified atom stereocenters. The molecule has 0 bridgehead atoms. The number of imidazole rings is 1. The van der Waals surface area contributed by atoms with Crippen molar-refractivity contribution in [2.24, 2.45) is 0 Å². The van der Waals surface area contributed by atoms with Crippen LogP contribution in [0, 0.1) is 0 Å². The first-order chi connectivity index (χ1) is 14.4. The third kappa shape index (κ3) is 5.49. The van der Waals surface area contributed by atoms with Crippen LogP contribution >= 0.6 is 0 Å². The van der Waals surface area contributed by atoms with Crippen LogP contribution in [-0.2, 0) is 12.8 Å². The molecule has 0 fully saturated rings. The highest BCUT2D eigenvalue weighted by Gasteiger charge is 2.20. The summed E-state index contributed by atoms with van der Waals surface area (Å²) in [4.78, 5) is 16.8. The molecule has 0 saturated carbocycles. The van der Waals surface area contributed by atoms with Crippen molar-refractivity contribution < 1.29 is 0 Å². The summed E-state index contributed by atoms with van der Waals surface area (Å²) in [5.41, 5.74) is 3.74. The highest BCUT2D eigenvalue weighted by molar-refractivity contribution is 5.25. The van der Waals surface area contributed by atoms with E-state index in [2.05, 4.69) is 42.7 Å². The van der Waals surface area contributed by atoms with E-state index >= 15 is 0 Å². The van der Waals surface area contributed by atoms with Crippen LogP contribution in [0.15, 0.2) is 55.1 Å². The lowest BCUT2D eigenvalue weighted by atomic mass is 9.92. The lowest BCUT2D eigenvalue weighted by Gasteiger charge is -2.25. The van der Waals surface area contributed by atoms with Gasteiger partial charge in [-0.15, -0.1) is 0 Å². The van der Waals surface area contributed by atoms with Crippen molar-refractivity contribution in [2.75, 3.05) is 13.1 Å². The van der Waals surface area contributed by atoms with Gasteiger partial charge in [0, 0.05) is 42.9 Å². The van der Waals surface area contributed by atoms with E-state index in [0.717, 1.165) is 50.3 Å². The number of nitrogens with one attached hydrogen (secondary N) is 3. The van der Waals surface area contributed by atoms with Crippen molar-refractivity contribution in [3.8, 4) is 0 Å². The van der Waals surface area contributed by atoms with Crippen LogP contribution in [0.4, 0.5) is 0 Å². The van der Waals surface area contributed by atoms with Gasteiger partial charge in [0.2, 0.25) is 0 Å². The lowest BCUT2D eigenvalue weighted by Crippen LogP contribution is -2.28. The van der Waals surface area contributed by atoms with E-state index in [-0.39, 0.29) is 6.04 Å². The zero-order chi connectivity index (χ0) is 19.7. The number of nitrogens with zero attached hydrogens (tertiary/aromatic N) is 3. The van der Waals surface area contributed by atoms with Gasteiger partial charge in [-0.1, -0.05) is 12.1 Å². The number of aryl methyl sites for hydroxylation is 1. The molecule has 0 amide bonds. The molecule has 0 saturated heterocycles. The van der Waals surface area contributed by atoms with Crippen LogP contribution in [0.5, 0.6) is 0 Å². The molecule has 0 spiro atoms. The van der Waals surface area contributed by atoms with Gasteiger partial charge >= 0.3 is 0 Å². The molecular formula is C23H30N6. The summed E-state index contributed by atoms with van der Waals surface area (Å²) in [5.74, 6) is 0.971. The van der Waals surface area contributed by atoms with E-state index in [1.165, 1.54) is 24.1 Å². The normalized spacial score (nSPS) is 17.0. The Morgan fingerprint density at radius 2 is 1.93 bits per heavy atom. The molecule has 1 aliphatic rings. The molecular weight excluding hydrogens is 360 g/mol. The Balaban J connectivity index is 1.21. The Bertz CT molecular complexity index is 849. The van der Waals surface area contributed by atoms with Gasteiger partial charge in [0.15, 0.2) is 0 Å². The van der Waals surface area contributed by atoms with Crippen molar-refractivity contribution in [3.63, 3.8) is 0 Å². The van der Waals surface area contributed by atoms with E-state index < -0.39 is 0 Å². The lowest BCUT2D eigenvalue weighted by molar-refractivity contribution is 0.432. The summed E-state index contributed by atoms with van der Waals surface area (Å²) in [5, 5.41) is 7.37. The van der Waals surface area contributed by atoms with Crippen LogP contribution in [0.3, 0.4) is 0 Å². The summed E-state index contributed by atoms with van der Waals surface area (Å²) in [6.07, 6.45) is 14.1. The Hall–Kier alpha value is -2.57. The van der Waals surface area contributed by atoms with Gasteiger partial charge in [0.1, 0.15) is 5.82 Å². The number of fused-ring (bicyclic) bond motifs is 1. The maximum Gasteiger partial charge on any atom is 0.123 e. The second kappa shape index (κ2) is 10.3. The molecule has 3 aromatic rings. The van der Waals surface area contributed by atoms with Gasteiger partial charge < -0.3 is 15.6 Å². The van der Waals surface area contributed by atoms with Gasteiger partial charge in [0.25, 0.3) is 0 Å². The van der Waals surface area contributed by atoms with Crippen molar-refractivity contribution >= 4 is 0 Å². The van der Waals surface area contributed by atoms with Crippen molar-refractivity contribution in [1.82, 2.24) is 30.6 Å². The zero-order valence-electron chi connectivity index (χ0n) is 16.8. The van der Waals surface area contributed by atoms with Crippen LogP contribution in [0.25, 0.3) is 0 Å². The van der Waals surface area contributed by atoms with Gasteiger partial charge in [-0.3, -0.25) is 9.97 Å². The summed E-state index contributed by atoms with van der Waals surface area (Å²) >= 11 is 0. The fraction of sp³-hybridized carbons (Fsp3) is 0.435. The molecule has 0 radical (unpaired) electrons. The molecule has 2 atom stereocenters. The number of pyridine rings is 2. The minimum Gasteiger partial charge on any atom is -0.347 e. The summed E-state index contributed by atoms with van der Waals surface area (Å²) in [6.45, 7) is 1.98. The summed E-state index contributed by atoms with van der Waals surface area (Å²) < 4.78 is 0. The number of hydrogen-bond acceptors (Lipinski definition) is 5. The highest BCUT2D eigenvalue weighted by Crippen LogP contribution is 2.27. The summed E-state index contributed by atoms with van der Waals surface area (Å²) in [6, 6.07) is 10.9. The Morgan fingerprint density at radius 1 is 1.00 bits per heavy atom. The SMILES string of the molecule is c1ccc(CC(NCCCCNC2CCCc3cccnc32)c2ncc[nH]2)nc1. The summed E-state index contributed by atoms with van der Waals surface area (Å²) in [7, 11) is 0. The smallest absolute Gasteiger partial charge is 0.123 e. The first kappa shape index (κ1) is 19.7. The van der Waals surface area contributed by atoms with Gasteiger partial charge in [-0.25, -0.2) is 4.98 Å². The first-order valence-electron chi connectivity index (χ1n) is 10.7. The van der Waals surface area contributed by atoms with Gasteiger partial charge in [-0.05, 0) is 69.0 Å². The Labute approximate surface area is 172 Å². The van der Waals surface area contributed by atoms with Crippen LogP contribution < -0.4 is 10.6 Å². The highest BCUT2D eigenvalue weighted by atomic mass is 15.0. The maximum absolute atomic E-state index is 4.62. The number of hydrogen-bond donors (Lipinski definition) is 3. The van der Waals surface area contributed by atoms with E-state index in [1.807, 2.05) is 43.0 Å². The van der Waals surface area contributed by atoms with Crippen LogP contribution in [-0.4, -0.2) is 33.0 Å². The molecule has 0 aromatic carbocycles. The molecule has 6 heteroatoms. The largest absolute Gasteiger partial charge is 0.347 e. The second-order valence-corrected chi connectivity index (χ2v) is 7.66. The number of H-pyrrole nitrogens is 1. The molecule has 3 heterocycles. The predicted octanol–water partition coefficient (Wildman–Crippen LogP) is 3.52. The molecule has 6 nitrogen and oxygen atoms in total. The van der Waals surface area contributed by atoms with Crippen molar-refractivity contribution in [2.45, 2.75) is 50.6 Å². The molecule has 4 rings (SSSR count). The molecule has 1 aliphatic carbocycles. The first-order valence-corrected chi connectivity index (χ1v) is 10.7. The van der Waals surface area contributed by atoms with Gasteiger partial charge in [0.05, 0.1) is 11.7 Å². The molecule has 29 heavy (non-hydrogen) atoms. The minimum absolute atomic E-state index is 0.155. The van der Waals surface area contributed by atoms with Crippen molar-refractivity contribution in [1.29, 1.82) is 0 Å². The zero-order valence-corrected chi connectivity index (χ0v) is 16.8. The fourth-order valence-electron chi connectivity index (χ4n) is 4.07. The molecule has 152 valence electrons. The number of unbranched alkanes of at least 4 members (excludes halogenated alkanes) is 1. The average molecular weight is 391 g/mol. The monoisotopic (exact) mass is 390 g/mol. The van der Waals surface area contributed by atoms with E-state index in [9.17, 15) is 0 Å². The van der Waals surface area contributed by atoms with E-state index in [0.29, 0.717) is 6.04 Å². The predicted molar refractivity (Wildman–Crippen MR) is 114 cm³/mol. The fourth-order valence-corrected chi connectivity index (χ4v) is 4.07. The minimum atomic E-state index is 0.155. The number of aromatic nitrogens is 4. The quantitative estimate of drug-likeness (QED) is 0.462. The van der Waals surface area contributed by atoms with Gasteiger partial charge in [-0.2, -0.15) is 0 Å². The third-order valence-corrected chi connectivity index (χ3v) is 5.57. The average Bonchev–Trinajstić information content (AvgIpc) is 3.31. The molecule has 0 aliphatic heterocycles. The van der Waals surface area contributed by atoms with E-state index in [4.69, 9.17) is 0 Å². The number of aromatic amines is 1. The standard InChI is InChI=1S/C23H30N6/c1-2-11-24-19(9-1)17-21(23-28-15-16-29-23)26-13-4-3-12-25-20-10-5-7-18-8-6-14-27-22(18)20/h1-2,6,8-9,11,14-16,20-21,25-26H,3-5,7,10,12-13,17H2,(H,28,29). The Kier molecular flexibility index (Phi) is 6.99. The van der Waals surface area contributed by atoms with Crippen LogP contribution in [0.1, 0.15) is 60.5 Å². The molecule has 3 N–H and O–H groups in total. The Morgan fingerprint density at radius 3 is 2.79 bits per heavy atom. The second-order valence-electron chi connectivity index (χ2n) is 7.66. The molecule has 3 aromatic heterocycles.